The van der Waals surface area contributed by atoms with Crippen LogP contribution >= 0.6 is 23.3 Å². The number of hydrogen-bond acceptors (Lipinski definition) is 6. The number of amides is 1. The number of rotatable bonds is 5. The number of carbonyl (C=O) groups is 1. The van der Waals surface area contributed by atoms with Crippen molar-refractivity contribution in [3.8, 4) is 6.07 Å². The molecule has 0 saturated carbocycles. The van der Waals surface area contributed by atoms with Crippen LogP contribution in [0.25, 0.3) is 0 Å². The first-order chi connectivity index (χ1) is 7.63. The number of carbonyl (C=O) groups excluding carboxylic acids is 1. The molecule has 7 heteroatoms. The third kappa shape index (κ3) is 4.16. The van der Waals surface area contributed by atoms with E-state index in [1.807, 2.05) is 13.0 Å². The summed E-state index contributed by atoms with van der Waals surface area (Å²) < 4.78 is 4.84. The molecule has 1 amide bonds. The minimum Gasteiger partial charge on any atom is -0.344 e. The zero-order valence-corrected chi connectivity index (χ0v) is 10.8. The Bertz CT molecular complexity index is 398. The Labute approximate surface area is 103 Å². The Kier molecular flexibility index (Phi) is 5.22. The van der Waals surface area contributed by atoms with Crippen molar-refractivity contribution in [1.29, 1.82) is 5.26 Å². The highest BCUT2D eigenvalue weighted by atomic mass is 32.2. The van der Waals surface area contributed by atoms with E-state index in [1.165, 1.54) is 23.3 Å². The van der Waals surface area contributed by atoms with Crippen molar-refractivity contribution in [3.63, 3.8) is 0 Å². The maximum atomic E-state index is 11.6. The molecule has 0 N–H and O–H groups in total. The molecule has 1 aromatic heterocycles. The van der Waals surface area contributed by atoms with Crippen LogP contribution in [0.15, 0.2) is 4.34 Å². The van der Waals surface area contributed by atoms with Crippen molar-refractivity contribution in [2.75, 3.05) is 19.3 Å². The van der Waals surface area contributed by atoms with Crippen LogP contribution in [-0.4, -0.2) is 39.5 Å². The van der Waals surface area contributed by atoms with E-state index in [2.05, 4.69) is 9.36 Å². The topological polar surface area (TPSA) is 69.9 Å². The molecule has 0 fully saturated rings. The Hall–Kier alpha value is -1.13. The number of thioether (sulfide) groups is 1. The van der Waals surface area contributed by atoms with Crippen molar-refractivity contribution in [3.05, 3.63) is 5.82 Å². The van der Waals surface area contributed by atoms with Gasteiger partial charge in [-0.3, -0.25) is 4.79 Å². The van der Waals surface area contributed by atoms with Gasteiger partial charge < -0.3 is 4.90 Å². The smallest absolute Gasteiger partial charge is 0.232 e. The van der Waals surface area contributed by atoms with Crippen molar-refractivity contribution >= 4 is 29.2 Å². The highest BCUT2D eigenvalue weighted by molar-refractivity contribution is 8.01. The third-order valence-corrected chi connectivity index (χ3v) is 3.72. The molecule has 0 spiro atoms. The minimum atomic E-state index is 0.00750. The van der Waals surface area contributed by atoms with Crippen LogP contribution in [0.2, 0.25) is 0 Å². The van der Waals surface area contributed by atoms with E-state index in [0.29, 0.717) is 18.7 Å². The second kappa shape index (κ2) is 6.45. The van der Waals surface area contributed by atoms with E-state index >= 15 is 0 Å². The molecule has 0 aliphatic carbocycles. The van der Waals surface area contributed by atoms with Gasteiger partial charge in [0.15, 0.2) is 4.34 Å². The SMILES string of the molecule is Cc1nsc(SCC(=O)N(C)CCC#N)n1. The summed E-state index contributed by atoms with van der Waals surface area (Å²) in [7, 11) is 1.70. The summed E-state index contributed by atoms with van der Waals surface area (Å²) in [4.78, 5) is 17.3. The summed E-state index contributed by atoms with van der Waals surface area (Å²) in [5.41, 5.74) is 0. The first-order valence-electron chi connectivity index (χ1n) is 4.67. The van der Waals surface area contributed by atoms with Gasteiger partial charge in [-0.1, -0.05) is 11.8 Å². The highest BCUT2D eigenvalue weighted by Gasteiger charge is 2.10. The predicted molar refractivity (Wildman–Crippen MR) is 63.2 cm³/mol. The standard InChI is InChI=1S/C9H12N4OS2/c1-7-11-9(16-12-7)15-6-8(14)13(2)5-3-4-10/h3,5-6H2,1-2H3. The van der Waals surface area contributed by atoms with Crippen molar-refractivity contribution in [2.45, 2.75) is 17.7 Å². The van der Waals surface area contributed by atoms with Crippen LogP contribution in [0.3, 0.4) is 0 Å². The summed E-state index contributed by atoms with van der Waals surface area (Å²) in [6.45, 7) is 2.30. The van der Waals surface area contributed by atoms with Crippen LogP contribution in [0.1, 0.15) is 12.2 Å². The summed E-state index contributed by atoms with van der Waals surface area (Å²) in [6, 6.07) is 2.01. The van der Waals surface area contributed by atoms with Gasteiger partial charge in [0.2, 0.25) is 5.91 Å². The van der Waals surface area contributed by atoms with Crippen molar-refractivity contribution in [2.24, 2.45) is 0 Å². The summed E-state index contributed by atoms with van der Waals surface area (Å²) in [5.74, 6) is 1.09. The molecule has 86 valence electrons. The molecule has 0 aromatic carbocycles. The fraction of sp³-hybridized carbons (Fsp3) is 0.556. The average molecular weight is 256 g/mol. The number of nitrogens with zero attached hydrogens (tertiary/aromatic N) is 4. The zero-order valence-electron chi connectivity index (χ0n) is 9.13. The van der Waals surface area contributed by atoms with Gasteiger partial charge in [0.05, 0.1) is 18.2 Å². The molecular weight excluding hydrogens is 244 g/mol. The molecule has 0 aliphatic heterocycles. The van der Waals surface area contributed by atoms with Crippen LogP contribution < -0.4 is 0 Å². The van der Waals surface area contributed by atoms with E-state index in [9.17, 15) is 4.79 Å². The summed E-state index contributed by atoms with van der Waals surface area (Å²) in [5, 5.41) is 8.40. The summed E-state index contributed by atoms with van der Waals surface area (Å²) >= 11 is 2.68. The molecule has 0 unspecified atom stereocenters. The van der Waals surface area contributed by atoms with Gasteiger partial charge >= 0.3 is 0 Å². The molecule has 1 aromatic rings. The Morgan fingerprint density at radius 1 is 1.69 bits per heavy atom. The van der Waals surface area contributed by atoms with Gasteiger partial charge in [-0.25, -0.2) is 4.98 Å². The molecule has 0 saturated heterocycles. The number of hydrogen-bond donors (Lipinski definition) is 0. The second-order valence-corrected chi connectivity index (χ2v) is 5.09. The van der Waals surface area contributed by atoms with Gasteiger partial charge in [0.25, 0.3) is 0 Å². The normalized spacial score (nSPS) is 9.81. The molecular formula is C9H12N4OS2. The van der Waals surface area contributed by atoms with E-state index < -0.39 is 0 Å². The second-order valence-electron chi connectivity index (χ2n) is 3.12. The number of nitriles is 1. The van der Waals surface area contributed by atoms with E-state index in [4.69, 9.17) is 5.26 Å². The molecule has 16 heavy (non-hydrogen) atoms. The molecule has 0 atom stereocenters. The van der Waals surface area contributed by atoms with E-state index in [1.54, 1.807) is 11.9 Å². The lowest BCUT2D eigenvalue weighted by Gasteiger charge is -2.14. The van der Waals surface area contributed by atoms with Gasteiger partial charge in [-0.05, 0) is 18.5 Å². The van der Waals surface area contributed by atoms with Crippen molar-refractivity contribution < 1.29 is 4.79 Å². The maximum Gasteiger partial charge on any atom is 0.232 e. The monoisotopic (exact) mass is 256 g/mol. The van der Waals surface area contributed by atoms with Gasteiger partial charge in [0.1, 0.15) is 5.82 Å². The number of aryl methyl sites for hydroxylation is 1. The fourth-order valence-electron chi connectivity index (χ4n) is 0.913. The first kappa shape index (κ1) is 12.9. The lowest BCUT2D eigenvalue weighted by molar-refractivity contribution is -0.127. The highest BCUT2D eigenvalue weighted by Crippen LogP contribution is 2.19. The van der Waals surface area contributed by atoms with Crippen LogP contribution in [-0.2, 0) is 4.79 Å². The first-order valence-corrected chi connectivity index (χ1v) is 6.43. The van der Waals surface area contributed by atoms with Gasteiger partial charge in [0, 0.05) is 13.6 Å². The predicted octanol–water partition coefficient (Wildman–Crippen LogP) is 1.31. The quantitative estimate of drug-likeness (QED) is 0.743. The lowest BCUT2D eigenvalue weighted by atomic mass is 10.4. The van der Waals surface area contributed by atoms with E-state index in [-0.39, 0.29) is 5.91 Å². The molecule has 5 nitrogen and oxygen atoms in total. The lowest BCUT2D eigenvalue weighted by Crippen LogP contribution is -2.29. The zero-order chi connectivity index (χ0) is 12.0. The molecule has 0 aliphatic rings. The van der Waals surface area contributed by atoms with Crippen LogP contribution in [0.5, 0.6) is 0 Å². The molecule has 1 rings (SSSR count). The Balaban J connectivity index is 2.32. The minimum absolute atomic E-state index is 0.00750. The van der Waals surface area contributed by atoms with Crippen LogP contribution in [0, 0.1) is 18.3 Å². The maximum absolute atomic E-state index is 11.6. The Morgan fingerprint density at radius 2 is 2.44 bits per heavy atom. The van der Waals surface area contributed by atoms with Gasteiger partial charge in [-0.2, -0.15) is 9.64 Å². The average Bonchev–Trinajstić information content (AvgIpc) is 2.68. The third-order valence-electron chi connectivity index (χ3n) is 1.81. The fourth-order valence-corrected chi connectivity index (χ4v) is 2.50. The molecule has 0 bridgehead atoms. The largest absolute Gasteiger partial charge is 0.344 e. The van der Waals surface area contributed by atoms with Crippen LogP contribution in [0.4, 0.5) is 0 Å². The molecule has 1 heterocycles. The molecule has 0 radical (unpaired) electrons. The van der Waals surface area contributed by atoms with E-state index in [0.717, 1.165) is 10.2 Å². The Morgan fingerprint density at radius 3 is 3.00 bits per heavy atom. The summed E-state index contributed by atoms with van der Waals surface area (Å²) in [6.07, 6.45) is 0.366. The van der Waals surface area contributed by atoms with Gasteiger partial charge in [-0.15, -0.1) is 0 Å². The van der Waals surface area contributed by atoms with Crippen molar-refractivity contribution in [1.82, 2.24) is 14.3 Å². The number of aromatic nitrogens is 2.